The Balaban J connectivity index is 1.84. The van der Waals surface area contributed by atoms with Gasteiger partial charge in [-0.15, -0.1) is 0 Å². The first kappa shape index (κ1) is 15.4. The molecule has 0 aliphatic heterocycles. The summed E-state index contributed by atoms with van der Waals surface area (Å²) in [5.74, 6) is -0.242. The molecule has 0 radical (unpaired) electrons. The van der Waals surface area contributed by atoms with Crippen molar-refractivity contribution in [1.82, 2.24) is 4.90 Å². The molecule has 0 heterocycles. The molecule has 3 unspecified atom stereocenters. The molecule has 3 N–H and O–H groups in total. The molecule has 0 aromatic heterocycles. The van der Waals surface area contributed by atoms with Crippen molar-refractivity contribution in [2.75, 3.05) is 13.6 Å². The maximum atomic E-state index is 13.2. The van der Waals surface area contributed by atoms with Gasteiger partial charge in [0.05, 0.1) is 6.10 Å². The van der Waals surface area contributed by atoms with Crippen LogP contribution in [0.1, 0.15) is 43.7 Å². The topological polar surface area (TPSA) is 49.5 Å². The third-order valence-electron chi connectivity index (χ3n) is 4.33. The first-order chi connectivity index (χ1) is 9.58. The predicted molar refractivity (Wildman–Crippen MR) is 78.8 cm³/mol. The second-order valence-corrected chi connectivity index (χ2v) is 5.85. The fourth-order valence-electron chi connectivity index (χ4n) is 3.02. The van der Waals surface area contributed by atoms with Crippen LogP contribution in [0.15, 0.2) is 24.3 Å². The Morgan fingerprint density at radius 2 is 2.15 bits per heavy atom. The van der Waals surface area contributed by atoms with E-state index < -0.39 is 0 Å². The molecular formula is C16H25FN2O. The lowest BCUT2D eigenvalue weighted by Crippen LogP contribution is -2.44. The summed E-state index contributed by atoms with van der Waals surface area (Å²) in [5.41, 5.74) is 6.96. The number of aliphatic hydroxyl groups excluding tert-OH is 1. The van der Waals surface area contributed by atoms with Gasteiger partial charge in [0.1, 0.15) is 5.82 Å². The minimum Gasteiger partial charge on any atom is -0.391 e. The average molecular weight is 280 g/mol. The maximum absolute atomic E-state index is 13.2. The number of hydrogen-bond acceptors (Lipinski definition) is 3. The van der Waals surface area contributed by atoms with E-state index in [1.807, 2.05) is 13.1 Å². The Labute approximate surface area is 120 Å². The molecule has 4 heteroatoms. The highest BCUT2D eigenvalue weighted by atomic mass is 19.1. The quantitative estimate of drug-likeness (QED) is 0.871. The summed E-state index contributed by atoms with van der Waals surface area (Å²) >= 11 is 0. The maximum Gasteiger partial charge on any atom is 0.123 e. The van der Waals surface area contributed by atoms with E-state index in [1.54, 1.807) is 6.07 Å². The standard InChI is InChI=1S/C16H25FN2O/c1-19(15-7-2-3-8-16(15)20)10-9-14(18)12-5-4-6-13(17)11-12/h4-6,11,14-16,20H,2-3,7-10,18H2,1H3. The zero-order chi connectivity index (χ0) is 14.5. The summed E-state index contributed by atoms with van der Waals surface area (Å²) in [7, 11) is 2.04. The van der Waals surface area contributed by atoms with Gasteiger partial charge in [-0.25, -0.2) is 4.39 Å². The van der Waals surface area contributed by atoms with Gasteiger partial charge in [-0.1, -0.05) is 25.0 Å². The van der Waals surface area contributed by atoms with Gasteiger partial charge >= 0.3 is 0 Å². The first-order valence-electron chi connectivity index (χ1n) is 7.47. The molecule has 20 heavy (non-hydrogen) atoms. The van der Waals surface area contributed by atoms with Gasteiger partial charge in [-0.2, -0.15) is 0 Å². The number of nitrogens with zero attached hydrogens (tertiary/aromatic N) is 1. The molecule has 1 saturated carbocycles. The molecule has 3 nitrogen and oxygen atoms in total. The van der Waals surface area contributed by atoms with Crippen molar-refractivity contribution in [3.63, 3.8) is 0 Å². The number of rotatable bonds is 5. The van der Waals surface area contributed by atoms with Crippen LogP contribution in [0, 0.1) is 5.82 Å². The second kappa shape index (κ2) is 7.16. The molecule has 1 aromatic rings. The van der Waals surface area contributed by atoms with Crippen LogP contribution >= 0.6 is 0 Å². The van der Waals surface area contributed by atoms with Crippen LogP contribution in [-0.2, 0) is 0 Å². The third-order valence-corrected chi connectivity index (χ3v) is 4.33. The van der Waals surface area contributed by atoms with E-state index in [4.69, 9.17) is 5.73 Å². The molecule has 0 amide bonds. The minimum atomic E-state index is -0.242. The second-order valence-electron chi connectivity index (χ2n) is 5.85. The average Bonchev–Trinajstić information content (AvgIpc) is 2.45. The molecule has 0 saturated heterocycles. The van der Waals surface area contributed by atoms with Crippen molar-refractivity contribution in [2.24, 2.45) is 5.73 Å². The Kier molecular flexibility index (Phi) is 5.52. The summed E-state index contributed by atoms with van der Waals surface area (Å²) < 4.78 is 13.2. The summed E-state index contributed by atoms with van der Waals surface area (Å²) in [6, 6.07) is 6.57. The third kappa shape index (κ3) is 4.01. The Morgan fingerprint density at radius 1 is 1.40 bits per heavy atom. The van der Waals surface area contributed by atoms with Gasteiger partial charge in [0.2, 0.25) is 0 Å². The van der Waals surface area contributed by atoms with Crippen LogP contribution < -0.4 is 5.73 Å². The first-order valence-corrected chi connectivity index (χ1v) is 7.47. The van der Waals surface area contributed by atoms with E-state index in [0.717, 1.165) is 37.8 Å². The van der Waals surface area contributed by atoms with Crippen molar-refractivity contribution >= 4 is 0 Å². The van der Waals surface area contributed by atoms with Crippen molar-refractivity contribution in [2.45, 2.75) is 50.3 Å². The van der Waals surface area contributed by atoms with Gasteiger partial charge in [0, 0.05) is 18.6 Å². The summed E-state index contributed by atoms with van der Waals surface area (Å²) in [4.78, 5) is 2.20. The molecule has 0 bridgehead atoms. The van der Waals surface area contributed by atoms with Crippen LogP contribution in [-0.4, -0.2) is 35.7 Å². The lowest BCUT2D eigenvalue weighted by atomic mass is 9.91. The Bertz CT molecular complexity index is 427. The van der Waals surface area contributed by atoms with E-state index >= 15 is 0 Å². The summed E-state index contributed by atoms with van der Waals surface area (Å²) in [6.07, 6.45) is 4.79. The molecule has 1 fully saturated rings. The molecular weight excluding hydrogens is 255 g/mol. The van der Waals surface area contributed by atoms with Crippen LogP contribution in [0.3, 0.4) is 0 Å². The molecule has 112 valence electrons. The Hall–Kier alpha value is -0.970. The predicted octanol–water partition coefficient (Wildman–Crippen LogP) is 2.45. The van der Waals surface area contributed by atoms with Crippen LogP contribution in [0.25, 0.3) is 0 Å². The van der Waals surface area contributed by atoms with Crippen molar-refractivity contribution < 1.29 is 9.50 Å². The van der Waals surface area contributed by atoms with E-state index in [9.17, 15) is 9.50 Å². The van der Waals surface area contributed by atoms with E-state index in [-0.39, 0.29) is 24.0 Å². The van der Waals surface area contributed by atoms with Crippen molar-refractivity contribution in [3.05, 3.63) is 35.6 Å². The largest absolute Gasteiger partial charge is 0.391 e. The fourth-order valence-corrected chi connectivity index (χ4v) is 3.02. The smallest absolute Gasteiger partial charge is 0.123 e. The molecule has 1 aliphatic carbocycles. The van der Waals surface area contributed by atoms with Crippen LogP contribution in [0.2, 0.25) is 0 Å². The monoisotopic (exact) mass is 280 g/mol. The number of hydrogen-bond donors (Lipinski definition) is 2. The van der Waals surface area contributed by atoms with Gasteiger partial charge in [-0.3, -0.25) is 0 Å². The number of nitrogens with two attached hydrogens (primary N) is 1. The van der Waals surface area contributed by atoms with E-state index in [1.165, 1.54) is 18.6 Å². The van der Waals surface area contributed by atoms with Crippen LogP contribution in [0.4, 0.5) is 4.39 Å². The number of benzene rings is 1. The number of likely N-dealkylation sites (N-methyl/N-ethyl adjacent to an activating group) is 1. The normalized spacial score (nSPS) is 24.9. The summed E-state index contributed by atoms with van der Waals surface area (Å²) in [5, 5.41) is 10.0. The molecule has 0 spiro atoms. The fraction of sp³-hybridized carbons (Fsp3) is 0.625. The van der Waals surface area contributed by atoms with E-state index in [0.29, 0.717) is 0 Å². The zero-order valence-corrected chi connectivity index (χ0v) is 12.1. The van der Waals surface area contributed by atoms with Gasteiger partial charge < -0.3 is 15.7 Å². The van der Waals surface area contributed by atoms with E-state index in [2.05, 4.69) is 4.90 Å². The van der Waals surface area contributed by atoms with Crippen molar-refractivity contribution in [3.8, 4) is 0 Å². The highest BCUT2D eigenvalue weighted by molar-refractivity contribution is 5.19. The van der Waals surface area contributed by atoms with Gasteiger partial charge in [0.15, 0.2) is 0 Å². The zero-order valence-electron chi connectivity index (χ0n) is 12.1. The molecule has 2 rings (SSSR count). The minimum absolute atomic E-state index is 0.158. The lowest BCUT2D eigenvalue weighted by Gasteiger charge is -2.35. The highest BCUT2D eigenvalue weighted by Gasteiger charge is 2.26. The SMILES string of the molecule is CN(CCC(N)c1cccc(F)c1)C1CCCCC1O. The summed E-state index contributed by atoms with van der Waals surface area (Å²) in [6.45, 7) is 0.819. The van der Waals surface area contributed by atoms with Crippen LogP contribution in [0.5, 0.6) is 0 Å². The number of aliphatic hydroxyl groups is 1. The lowest BCUT2D eigenvalue weighted by molar-refractivity contribution is 0.0311. The van der Waals surface area contributed by atoms with Crippen molar-refractivity contribution in [1.29, 1.82) is 0 Å². The molecule has 1 aromatic carbocycles. The molecule has 1 aliphatic rings. The Morgan fingerprint density at radius 3 is 2.85 bits per heavy atom. The molecule has 3 atom stereocenters. The highest BCUT2D eigenvalue weighted by Crippen LogP contribution is 2.23. The number of halogens is 1. The van der Waals surface area contributed by atoms with Gasteiger partial charge in [-0.05, 0) is 44.0 Å². The van der Waals surface area contributed by atoms with Gasteiger partial charge in [0.25, 0.3) is 0 Å².